The first-order valence-electron chi connectivity index (χ1n) is 5.85. The fourth-order valence-corrected chi connectivity index (χ4v) is 4.06. The molecule has 6 heteroatoms. The molecule has 18 heavy (non-hydrogen) atoms. The second-order valence-corrected chi connectivity index (χ2v) is 7.09. The van der Waals surface area contributed by atoms with Crippen LogP contribution in [0.5, 0.6) is 5.75 Å². The lowest BCUT2D eigenvalue weighted by atomic mass is 10.1. The summed E-state index contributed by atoms with van der Waals surface area (Å²) < 4.78 is 22.8. The number of phenolic OH excluding ortho intramolecular Hbond substituents is 1. The first-order valence-corrected chi connectivity index (χ1v) is 7.67. The number of anilines is 1. The van der Waals surface area contributed by atoms with Crippen molar-refractivity contribution in [1.29, 1.82) is 0 Å². The number of nitrogens with two attached hydrogens (primary N) is 1. The van der Waals surface area contributed by atoms with Crippen LogP contribution in [0.15, 0.2) is 18.2 Å². The molecule has 3 N–H and O–H groups in total. The van der Waals surface area contributed by atoms with Gasteiger partial charge in [0.05, 0.1) is 11.5 Å². The number of hydrogen-bond donors (Lipinski definition) is 2. The smallest absolute Gasteiger partial charge is 0.151 e. The lowest BCUT2D eigenvalue weighted by Gasteiger charge is -2.23. The summed E-state index contributed by atoms with van der Waals surface area (Å²) in [6, 6.07) is 4.94. The van der Waals surface area contributed by atoms with E-state index >= 15 is 0 Å². The Balaban J connectivity index is 2.08. The molecule has 1 atom stereocenters. The lowest BCUT2D eigenvalue weighted by molar-refractivity contribution is 0.250. The van der Waals surface area contributed by atoms with Gasteiger partial charge in [0.2, 0.25) is 0 Å². The Morgan fingerprint density at radius 3 is 2.83 bits per heavy atom. The third kappa shape index (κ3) is 2.94. The number of hydrogen-bond acceptors (Lipinski definition) is 5. The minimum absolute atomic E-state index is 0.0239. The SMILES string of the molecule is CN(Cc1cc(N)ccc1O)C1CCS(=O)(=O)C1. The molecule has 0 aromatic heterocycles. The van der Waals surface area contributed by atoms with Crippen molar-refractivity contribution in [1.82, 2.24) is 4.90 Å². The molecule has 0 radical (unpaired) electrons. The molecular weight excluding hydrogens is 252 g/mol. The van der Waals surface area contributed by atoms with Crippen LogP contribution < -0.4 is 5.73 Å². The summed E-state index contributed by atoms with van der Waals surface area (Å²) >= 11 is 0. The van der Waals surface area contributed by atoms with Gasteiger partial charge in [-0.05, 0) is 31.7 Å². The van der Waals surface area contributed by atoms with Crippen molar-refractivity contribution in [2.75, 3.05) is 24.3 Å². The maximum Gasteiger partial charge on any atom is 0.151 e. The van der Waals surface area contributed by atoms with Crippen LogP contribution in [-0.2, 0) is 16.4 Å². The molecule has 1 unspecified atom stereocenters. The molecule has 1 saturated heterocycles. The van der Waals surface area contributed by atoms with Gasteiger partial charge in [0.25, 0.3) is 0 Å². The number of phenols is 1. The van der Waals surface area contributed by atoms with E-state index in [0.717, 1.165) is 5.56 Å². The Bertz CT molecular complexity index is 542. The van der Waals surface area contributed by atoms with Crippen LogP contribution in [0.25, 0.3) is 0 Å². The van der Waals surface area contributed by atoms with Crippen LogP contribution in [0, 0.1) is 0 Å². The average molecular weight is 270 g/mol. The van der Waals surface area contributed by atoms with E-state index in [2.05, 4.69) is 0 Å². The van der Waals surface area contributed by atoms with Gasteiger partial charge in [0, 0.05) is 23.8 Å². The lowest BCUT2D eigenvalue weighted by Crippen LogP contribution is -2.32. The van der Waals surface area contributed by atoms with E-state index in [9.17, 15) is 13.5 Å². The number of aromatic hydroxyl groups is 1. The number of nitrogens with zero attached hydrogens (tertiary/aromatic N) is 1. The van der Waals surface area contributed by atoms with Gasteiger partial charge in [-0.2, -0.15) is 0 Å². The van der Waals surface area contributed by atoms with Crippen molar-refractivity contribution in [2.24, 2.45) is 0 Å². The zero-order valence-corrected chi connectivity index (χ0v) is 11.2. The maximum absolute atomic E-state index is 11.4. The standard InChI is InChI=1S/C12H18N2O3S/c1-14(11-4-5-18(16,17)8-11)7-9-6-10(13)2-3-12(9)15/h2-3,6,11,15H,4-5,7-8,13H2,1H3. The molecule has 5 nitrogen and oxygen atoms in total. The maximum atomic E-state index is 11.4. The molecule has 0 amide bonds. The van der Waals surface area contributed by atoms with Crippen LogP contribution >= 0.6 is 0 Å². The van der Waals surface area contributed by atoms with E-state index in [1.807, 2.05) is 11.9 Å². The molecule has 0 bridgehead atoms. The average Bonchev–Trinajstić information content (AvgIpc) is 2.64. The van der Waals surface area contributed by atoms with Crippen molar-refractivity contribution in [3.05, 3.63) is 23.8 Å². The molecule has 1 aliphatic heterocycles. The van der Waals surface area contributed by atoms with Gasteiger partial charge in [-0.25, -0.2) is 8.42 Å². The monoisotopic (exact) mass is 270 g/mol. The largest absolute Gasteiger partial charge is 0.508 e. The molecule has 1 heterocycles. The quantitative estimate of drug-likeness (QED) is 0.620. The molecule has 0 spiro atoms. The number of nitrogen functional groups attached to an aromatic ring is 1. The van der Waals surface area contributed by atoms with Gasteiger partial charge in [-0.3, -0.25) is 4.90 Å². The Kier molecular flexibility index (Phi) is 3.49. The normalized spacial score (nSPS) is 22.4. The summed E-state index contributed by atoms with van der Waals surface area (Å²) in [6.45, 7) is 0.497. The summed E-state index contributed by atoms with van der Waals surface area (Å²) in [4.78, 5) is 1.96. The van der Waals surface area contributed by atoms with Gasteiger partial charge in [0.15, 0.2) is 9.84 Å². The molecule has 0 saturated carbocycles. The van der Waals surface area contributed by atoms with Crippen LogP contribution in [0.3, 0.4) is 0 Å². The van der Waals surface area contributed by atoms with Gasteiger partial charge in [-0.15, -0.1) is 0 Å². The molecule has 1 aliphatic rings. The van der Waals surface area contributed by atoms with E-state index in [1.165, 1.54) is 0 Å². The summed E-state index contributed by atoms with van der Waals surface area (Å²) in [5.41, 5.74) is 6.99. The molecule has 2 rings (SSSR count). The molecule has 1 fully saturated rings. The highest BCUT2D eigenvalue weighted by Gasteiger charge is 2.30. The third-order valence-corrected chi connectivity index (χ3v) is 5.11. The predicted molar refractivity (Wildman–Crippen MR) is 71.0 cm³/mol. The highest BCUT2D eigenvalue weighted by molar-refractivity contribution is 7.91. The van der Waals surface area contributed by atoms with Gasteiger partial charge >= 0.3 is 0 Å². The summed E-state index contributed by atoms with van der Waals surface area (Å²) in [6.07, 6.45) is 0.655. The summed E-state index contributed by atoms with van der Waals surface area (Å²) in [5.74, 6) is 0.647. The number of sulfone groups is 1. The molecule has 1 aromatic carbocycles. The predicted octanol–water partition coefficient (Wildman–Crippen LogP) is 0.593. The molecule has 0 aliphatic carbocycles. The van der Waals surface area contributed by atoms with E-state index in [-0.39, 0.29) is 23.3 Å². The van der Waals surface area contributed by atoms with E-state index in [0.29, 0.717) is 18.7 Å². The van der Waals surface area contributed by atoms with Gasteiger partial charge in [-0.1, -0.05) is 0 Å². The Morgan fingerprint density at radius 2 is 2.22 bits per heavy atom. The molecule has 1 aromatic rings. The fourth-order valence-electron chi connectivity index (χ4n) is 2.25. The van der Waals surface area contributed by atoms with Crippen LogP contribution in [0.4, 0.5) is 5.69 Å². The first kappa shape index (κ1) is 13.2. The summed E-state index contributed by atoms with van der Waals surface area (Å²) in [5, 5.41) is 9.73. The second-order valence-electron chi connectivity index (χ2n) is 4.86. The minimum Gasteiger partial charge on any atom is -0.508 e. The van der Waals surface area contributed by atoms with E-state index in [4.69, 9.17) is 5.73 Å². The molecular formula is C12H18N2O3S. The summed E-state index contributed by atoms with van der Waals surface area (Å²) in [7, 11) is -1.01. The van der Waals surface area contributed by atoms with Crippen molar-refractivity contribution >= 4 is 15.5 Å². The zero-order valence-electron chi connectivity index (χ0n) is 10.3. The Hall–Kier alpha value is -1.27. The highest BCUT2D eigenvalue weighted by atomic mass is 32.2. The first-order chi connectivity index (χ1) is 8.37. The van der Waals surface area contributed by atoms with E-state index in [1.54, 1.807) is 18.2 Å². The highest BCUT2D eigenvalue weighted by Crippen LogP contribution is 2.24. The third-order valence-electron chi connectivity index (χ3n) is 3.36. The van der Waals surface area contributed by atoms with Crippen LogP contribution in [0.1, 0.15) is 12.0 Å². The van der Waals surface area contributed by atoms with Crippen LogP contribution in [-0.4, -0.2) is 43.0 Å². The second kappa shape index (κ2) is 4.78. The number of rotatable bonds is 3. The van der Waals surface area contributed by atoms with Crippen molar-refractivity contribution in [3.8, 4) is 5.75 Å². The fraction of sp³-hybridized carbons (Fsp3) is 0.500. The zero-order chi connectivity index (χ0) is 13.3. The Morgan fingerprint density at radius 1 is 1.50 bits per heavy atom. The topological polar surface area (TPSA) is 83.6 Å². The van der Waals surface area contributed by atoms with Crippen molar-refractivity contribution in [3.63, 3.8) is 0 Å². The van der Waals surface area contributed by atoms with Crippen molar-refractivity contribution < 1.29 is 13.5 Å². The number of benzene rings is 1. The molecule has 100 valence electrons. The van der Waals surface area contributed by atoms with Crippen molar-refractivity contribution in [2.45, 2.75) is 19.0 Å². The van der Waals surface area contributed by atoms with Crippen LogP contribution in [0.2, 0.25) is 0 Å². The van der Waals surface area contributed by atoms with Gasteiger partial charge < -0.3 is 10.8 Å². The van der Waals surface area contributed by atoms with Gasteiger partial charge in [0.1, 0.15) is 5.75 Å². The Labute approximate surface area is 107 Å². The minimum atomic E-state index is -2.88. The van der Waals surface area contributed by atoms with E-state index < -0.39 is 9.84 Å².